The van der Waals surface area contributed by atoms with Gasteiger partial charge in [0, 0.05) is 12.6 Å². The van der Waals surface area contributed by atoms with E-state index in [4.69, 9.17) is 4.74 Å². The molecule has 2 aliphatic rings. The molecular weight excluding hydrogens is 210 g/mol. The molecule has 0 saturated heterocycles. The summed E-state index contributed by atoms with van der Waals surface area (Å²) in [6.45, 7) is 7.49. The maximum atomic E-state index is 6.09. The van der Waals surface area contributed by atoms with Crippen LogP contribution in [-0.2, 0) is 4.74 Å². The maximum Gasteiger partial charge on any atom is 0.0806 e. The third kappa shape index (κ3) is 2.39. The summed E-state index contributed by atoms with van der Waals surface area (Å²) >= 11 is 0. The fourth-order valence-corrected chi connectivity index (χ4v) is 4.42. The van der Waals surface area contributed by atoms with Crippen molar-refractivity contribution in [2.45, 2.75) is 64.5 Å². The van der Waals surface area contributed by atoms with E-state index in [0.717, 1.165) is 30.8 Å². The molecule has 17 heavy (non-hydrogen) atoms. The minimum Gasteiger partial charge on any atom is -0.374 e. The molecule has 5 unspecified atom stereocenters. The molecule has 0 aliphatic heterocycles. The first-order chi connectivity index (χ1) is 8.14. The largest absolute Gasteiger partial charge is 0.374 e. The van der Waals surface area contributed by atoms with Gasteiger partial charge in [-0.15, -0.1) is 0 Å². The molecule has 2 fully saturated rings. The zero-order chi connectivity index (χ0) is 12.5. The van der Waals surface area contributed by atoms with Crippen LogP contribution in [0.4, 0.5) is 0 Å². The molecule has 2 bridgehead atoms. The van der Waals surface area contributed by atoms with Crippen LogP contribution >= 0.6 is 0 Å². The van der Waals surface area contributed by atoms with E-state index in [1.54, 1.807) is 0 Å². The minimum absolute atomic E-state index is 0.0125. The van der Waals surface area contributed by atoms with Gasteiger partial charge in [-0.05, 0) is 64.3 Å². The molecule has 2 saturated carbocycles. The van der Waals surface area contributed by atoms with Crippen LogP contribution in [0.1, 0.15) is 52.9 Å². The lowest BCUT2D eigenvalue weighted by Crippen LogP contribution is -2.54. The van der Waals surface area contributed by atoms with Gasteiger partial charge in [0.15, 0.2) is 0 Å². The fourth-order valence-electron chi connectivity index (χ4n) is 4.42. The van der Waals surface area contributed by atoms with E-state index in [0.29, 0.717) is 6.04 Å². The highest BCUT2D eigenvalue weighted by atomic mass is 16.5. The molecule has 2 aliphatic carbocycles. The monoisotopic (exact) mass is 239 g/mol. The molecule has 0 radical (unpaired) electrons. The van der Waals surface area contributed by atoms with Crippen molar-refractivity contribution in [3.63, 3.8) is 0 Å². The summed E-state index contributed by atoms with van der Waals surface area (Å²) < 4.78 is 6.09. The Morgan fingerprint density at radius 2 is 2.06 bits per heavy atom. The molecule has 100 valence electrons. The SMILES string of the molecule is CCOC(C)(CC)C(NC)C1CC2CCC1C2. The smallest absolute Gasteiger partial charge is 0.0806 e. The molecule has 5 atom stereocenters. The van der Waals surface area contributed by atoms with Gasteiger partial charge in [0.05, 0.1) is 5.60 Å². The summed E-state index contributed by atoms with van der Waals surface area (Å²) in [7, 11) is 2.11. The van der Waals surface area contributed by atoms with Gasteiger partial charge in [-0.25, -0.2) is 0 Å². The van der Waals surface area contributed by atoms with Gasteiger partial charge in [0.1, 0.15) is 0 Å². The average molecular weight is 239 g/mol. The number of hydrogen-bond donors (Lipinski definition) is 1. The Balaban J connectivity index is 2.09. The molecule has 0 aromatic heterocycles. The zero-order valence-corrected chi connectivity index (χ0v) is 12.0. The van der Waals surface area contributed by atoms with Gasteiger partial charge in [0.25, 0.3) is 0 Å². The van der Waals surface area contributed by atoms with E-state index in [9.17, 15) is 0 Å². The van der Waals surface area contributed by atoms with Crippen molar-refractivity contribution >= 4 is 0 Å². The van der Waals surface area contributed by atoms with Crippen LogP contribution in [0.25, 0.3) is 0 Å². The molecule has 0 amide bonds. The third-order valence-corrected chi connectivity index (χ3v) is 5.37. The number of ether oxygens (including phenoxy) is 1. The van der Waals surface area contributed by atoms with Crippen molar-refractivity contribution in [2.24, 2.45) is 17.8 Å². The molecule has 0 aromatic carbocycles. The molecule has 2 nitrogen and oxygen atoms in total. The van der Waals surface area contributed by atoms with E-state index in [1.807, 2.05) is 0 Å². The Bertz CT molecular complexity index is 255. The van der Waals surface area contributed by atoms with Crippen LogP contribution in [0, 0.1) is 17.8 Å². The van der Waals surface area contributed by atoms with Crippen LogP contribution in [-0.4, -0.2) is 25.3 Å². The number of rotatable bonds is 6. The number of likely N-dealkylation sites (N-methyl/N-ethyl adjacent to an activating group) is 1. The van der Waals surface area contributed by atoms with E-state index in [2.05, 4.69) is 33.1 Å². The van der Waals surface area contributed by atoms with E-state index in [1.165, 1.54) is 25.7 Å². The second-order valence-electron chi connectivity index (χ2n) is 6.20. The number of hydrogen-bond acceptors (Lipinski definition) is 2. The van der Waals surface area contributed by atoms with Crippen molar-refractivity contribution in [1.82, 2.24) is 5.32 Å². The topological polar surface area (TPSA) is 21.3 Å². The molecule has 2 heteroatoms. The first kappa shape index (κ1) is 13.4. The van der Waals surface area contributed by atoms with Crippen molar-refractivity contribution in [3.05, 3.63) is 0 Å². The predicted molar refractivity (Wildman–Crippen MR) is 72.1 cm³/mol. The molecule has 1 N–H and O–H groups in total. The summed E-state index contributed by atoms with van der Waals surface area (Å²) in [4.78, 5) is 0. The summed E-state index contributed by atoms with van der Waals surface area (Å²) in [6, 6.07) is 0.530. The normalized spacial score (nSPS) is 37.1. The predicted octanol–water partition coefficient (Wildman–Crippen LogP) is 3.22. The van der Waals surface area contributed by atoms with Gasteiger partial charge in [-0.2, -0.15) is 0 Å². The molecular formula is C15H29NO. The summed E-state index contributed by atoms with van der Waals surface area (Å²) in [6.07, 6.45) is 6.95. The van der Waals surface area contributed by atoms with Crippen molar-refractivity contribution in [1.29, 1.82) is 0 Å². The Labute approximate surface area is 107 Å². The van der Waals surface area contributed by atoms with Crippen LogP contribution in [0.2, 0.25) is 0 Å². The lowest BCUT2D eigenvalue weighted by atomic mass is 9.75. The molecule has 2 rings (SSSR count). The Hall–Kier alpha value is -0.0800. The highest BCUT2D eigenvalue weighted by molar-refractivity contribution is 5.01. The quantitative estimate of drug-likeness (QED) is 0.768. The van der Waals surface area contributed by atoms with Gasteiger partial charge >= 0.3 is 0 Å². The highest BCUT2D eigenvalue weighted by Gasteiger charge is 2.48. The van der Waals surface area contributed by atoms with Crippen LogP contribution < -0.4 is 5.32 Å². The van der Waals surface area contributed by atoms with E-state index in [-0.39, 0.29) is 5.60 Å². The minimum atomic E-state index is 0.0125. The molecule has 0 heterocycles. The standard InChI is InChI=1S/C15H29NO/c1-5-15(3,17-6-2)14(16-4)13-10-11-7-8-12(13)9-11/h11-14,16H,5-10H2,1-4H3. The second kappa shape index (κ2) is 5.27. The third-order valence-electron chi connectivity index (χ3n) is 5.37. The van der Waals surface area contributed by atoms with Crippen molar-refractivity contribution < 1.29 is 4.74 Å². The Morgan fingerprint density at radius 1 is 1.29 bits per heavy atom. The number of nitrogens with one attached hydrogen (secondary N) is 1. The first-order valence-electron chi connectivity index (χ1n) is 7.45. The van der Waals surface area contributed by atoms with Gasteiger partial charge in [0.2, 0.25) is 0 Å². The number of fused-ring (bicyclic) bond motifs is 2. The summed E-state index contributed by atoms with van der Waals surface area (Å²) in [5.41, 5.74) is 0.0125. The van der Waals surface area contributed by atoms with E-state index >= 15 is 0 Å². The molecule has 0 spiro atoms. The van der Waals surface area contributed by atoms with E-state index < -0.39 is 0 Å². The second-order valence-corrected chi connectivity index (χ2v) is 6.20. The first-order valence-corrected chi connectivity index (χ1v) is 7.45. The zero-order valence-electron chi connectivity index (χ0n) is 12.0. The molecule has 0 aromatic rings. The van der Waals surface area contributed by atoms with Crippen LogP contribution in [0.5, 0.6) is 0 Å². The summed E-state index contributed by atoms with van der Waals surface area (Å²) in [5, 5.41) is 3.58. The lowest BCUT2D eigenvalue weighted by molar-refractivity contribution is -0.0734. The fraction of sp³-hybridized carbons (Fsp3) is 1.00. The van der Waals surface area contributed by atoms with Gasteiger partial charge < -0.3 is 10.1 Å². The average Bonchev–Trinajstić information content (AvgIpc) is 2.92. The summed E-state index contributed by atoms with van der Waals surface area (Å²) in [5.74, 6) is 2.82. The van der Waals surface area contributed by atoms with Gasteiger partial charge in [-0.3, -0.25) is 0 Å². The Kier molecular flexibility index (Phi) is 4.14. The lowest BCUT2D eigenvalue weighted by Gasteiger charge is -2.43. The van der Waals surface area contributed by atoms with Gasteiger partial charge in [-0.1, -0.05) is 13.3 Å². The van der Waals surface area contributed by atoms with Crippen molar-refractivity contribution in [3.8, 4) is 0 Å². The van der Waals surface area contributed by atoms with Crippen LogP contribution in [0.15, 0.2) is 0 Å². The maximum absolute atomic E-state index is 6.09. The highest BCUT2D eigenvalue weighted by Crippen LogP contribution is 2.51. The Morgan fingerprint density at radius 3 is 2.47 bits per heavy atom. The van der Waals surface area contributed by atoms with Crippen molar-refractivity contribution in [2.75, 3.05) is 13.7 Å². The van der Waals surface area contributed by atoms with Crippen LogP contribution in [0.3, 0.4) is 0 Å².